The van der Waals surface area contributed by atoms with Crippen molar-refractivity contribution >= 4 is 21.6 Å². The molecular weight excluding hydrogens is 316 g/mol. The van der Waals surface area contributed by atoms with Crippen LogP contribution in [0.4, 0.5) is 5.69 Å². The van der Waals surface area contributed by atoms with E-state index in [1.54, 1.807) is 29.2 Å². The number of hydrogen-bond donors (Lipinski definition) is 0. The molecule has 1 aliphatic rings. The fourth-order valence-corrected chi connectivity index (χ4v) is 3.61. The lowest BCUT2D eigenvalue weighted by Gasteiger charge is -2.24. The van der Waals surface area contributed by atoms with Gasteiger partial charge in [0.15, 0.2) is 0 Å². The first-order valence-corrected chi connectivity index (χ1v) is 9.75. The van der Waals surface area contributed by atoms with Gasteiger partial charge in [-0.2, -0.15) is 0 Å². The van der Waals surface area contributed by atoms with Gasteiger partial charge in [0.05, 0.1) is 18.6 Å². The summed E-state index contributed by atoms with van der Waals surface area (Å²) >= 11 is 0. The SMILES string of the molecule is CCOc1ccc(N(CCC(=O)N2CCCC2)S(C)(=O)=O)cc1. The van der Waals surface area contributed by atoms with Crippen LogP contribution in [0.25, 0.3) is 0 Å². The molecule has 1 aromatic rings. The molecule has 0 unspecified atom stereocenters. The zero-order chi connectivity index (χ0) is 16.9. The molecule has 1 aromatic carbocycles. The fourth-order valence-electron chi connectivity index (χ4n) is 2.68. The highest BCUT2D eigenvalue weighted by atomic mass is 32.2. The summed E-state index contributed by atoms with van der Waals surface area (Å²) < 4.78 is 30.7. The molecule has 6 nitrogen and oxygen atoms in total. The van der Waals surface area contributed by atoms with Gasteiger partial charge >= 0.3 is 0 Å². The summed E-state index contributed by atoms with van der Waals surface area (Å²) in [5.41, 5.74) is 0.546. The smallest absolute Gasteiger partial charge is 0.232 e. The van der Waals surface area contributed by atoms with Crippen LogP contribution in [0.15, 0.2) is 24.3 Å². The van der Waals surface area contributed by atoms with Gasteiger partial charge in [-0.1, -0.05) is 0 Å². The van der Waals surface area contributed by atoms with E-state index in [0.29, 0.717) is 18.0 Å². The first-order chi connectivity index (χ1) is 10.9. The second-order valence-electron chi connectivity index (χ2n) is 5.60. The summed E-state index contributed by atoms with van der Waals surface area (Å²) in [6.45, 7) is 4.16. The second kappa shape index (κ2) is 7.68. The van der Waals surface area contributed by atoms with E-state index < -0.39 is 10.0 Å². The molecule has 1 saturated heterocycles. The summed E-state index contributed by atoms with van der Waals surface area (Å²) in [5.74, 6) is 0.708. The van der Waals surface area contributed by atoms with Gasteiger partial charge in [0.1, 0.15) is 5.75 Å². The molecule has 128 valence electrons. The molecule has 0 saturated carbocycles. The van der Waals surface area contributed by atoms with Crippen LogP contribution in [0.1, 0.15) is 26.2 Å². The third-order valence-electron chi connectivity index (χ3n) is 3.82. The molecule has 0 bridgehead atoms. The monoisotopic (exact) mass is 340 g/mol. The Labute approximate surface area is 138 Å². The van der Waals surface area contributed by atoms with Crippen molar-refractivity contribution in [2.75, 3.05) is 36.8 Å². The highest BCUT2D eigenvalue weighted by Gasteiger charge is 2.22. The molecule has 1 heterocycles. The Morgan fingerprint density at radius 2 is 1.83 bits per heavy atom. The lowest BCUT2D eigenvalue weighted by atomic mass is 10.3. The summed E-state index contributed by atoms with van der Waals surface area (Å²) in [4.78, 5) is 13.9. The third-order valence-corrected chi connectivity index (χ3v) is 5.02. The summed E-state index contributed by atoms with van der Waals surface area (Å²) in [6, 6.07) is 6.87. The number of benzene rings is 1. The van der Waals surface area contributed by atoms with Crippen molar-refractivity contribution < 1.29 is 17.9 Å². The molecule has 0 N–H and O–H groups in total. The van der Waals surface area contributed by atoms with E-state index in [1.165, 1.54) is 4.31 Å². The zero-order valence-electron chi connectivity index (χ0n) is 13.7. The van der Waals surface area contributed by atoms with Crippen molar-refractivity contribution in [2.45, 2.75) is 26.2 Å². The van der Waals surface area contributed by atoms with Crippen molar-refractivity contribution in [1.29, 1.82) is 0 Å². The Bertz CT molecular complexity index is 622. The number of hydrogen-bond acceptors (Lipinski definition) is 4. The van der Waals surface area contributed by atoms with Gasteiger partial charge < -0.3 is 9.64 Å². The molecule has 1 amide bonds. The molecule has 23 heavy (non-hydrogen) atoms. The normalized spacial score (nSPS) is 14.8. The van der Waals surface area contributed by atoms with E-state index in [9.17, 15) is 13.2 Å². The van der Waals surface area contributed by atoms with Gasteiger partial charge in [-0.05, 0) is 44.0 Å². The molecule has 0 radical (unpaired) electrons. The first-order valence-electron chi connectivity index (χ1n) is 7.90. The first kappa shape index (κ1) is 17.6. The average molecular weight is 340 g/mol. The van der Waals surface area contributed by atoms with E-state index in [0.717, 1.165) is 32.2 Å². The standard InChI is InChI=1S/C16H24N2O4S/c1-3-22-15-8-6-14(7-9-15)18(23(2,20)21)13-10-16(19)17-11-4-5-12-17/h6-9H,3-5,10-13H2,1-2H3. The number of amides is 1. The topological polar surface area (TPSA) is 66.9 Å². The number of ether oxygens (including phenoxy) is 1. The Morgan fingerprint density at radius 3 is 2.35 bits per heavy atom. The number of anilines is 1. The third kappa shape index (κ3) is 4.86. The van der Waals surface area contributed by atoms with Crippen molar-refractivity contribution in [3.63, 3.8) is 0 Å². The van der Waals surface area contributed by atoms with Crippen LogP contribution < -0.4 is 9.04 Å². The van der Waals surface area contributed by atoms with Gasteiger partial charge in [0.25, 0.3) is 0 Å². The van der Waals surface area contributed by atoms with Crippen LogP contribution in [0.5, 0.6) is 5.75 Å². The van der Waals surface area contributed by atoms with Crippen molar-refractivity contribution in [3.05, 3.63) is 24.3 Å². The van der Waals surface area contributed by atoms with Crippen LogP contribution in [-0.2, 0) is 14.8 Å². The van der Waals surface area contributed by atoms with Gasteiger partial charge in [-0.15, -0.1) is 0 Å². The van der Waals surface area contributed by atoms with Crippen LogP contribution in [0.2, 0.25) is 0 Å². The van der Waals surface area contributed by atoms with Gasteiger partial charge in [0.2, 0.25) is 15.9 Å². The van der Waals surface area contributed by atoms with E-state index in [2.05, 4.69) is 0 Å². The summed E-state index contributed by atoms with van der Waals surface area (Å²) in [6.07, 6.45) is 3.41. The number of carbonyl (C=O) groups is 1. The highest BCUT2D eigenvalue weighted by Crippen LogP contribution is 2.22. The molecule has 0 aliphatic carbocycles. The maximum absolute atomic E-state index is 12.1. The highest BCUT2D eigenvalue weighted by molar-refractivity contribution is 7.92. The molecule has 1 fully saturated rings. The molecule has 0 aromatic heterocycles. The number of likely N-dealkylation sites (tertiary alicyclic amines) is 1. The fraction of sp³-hybridized carbons (Fsp3) is 0.562. The number of carbonyl (C=O) groups excluding carboxylic acids is 1. The maximum atomic E-state index is 12.1. The summed E-state index contributed by atoms with van der Waals surface area (Å²) in [7, 11) is -3.44. The van der Waals surface area contributed by atoms with Crippen LogP contribution in [0, 0.1) is 0 Å². The Hall–Kier alpha value is -1.76. The molecule has 1 aliphatic heterocycles. The van der Waals surface area contributed by atoms with Crippen molar-refractivity contribution in [3.8, 4) is 5.75 Å². The predicted octanol–water partition coefficient (Wildman–Crippen LogP) is 1.86. The molecule has 2 rings (SSSR count). The minimum Gasteiger partial charge on any atom is -0.494 e. The maximum Gasteiger partial charge on any atom is 0.232 e. The van der Waals surface area contributed by atoms with E-state index in [1.807, 2.05) is 6.92 Å². The quantitative estimate of drug-likeness (QED) is 0.760. The van der Waals surface area contributed by atoms with Crippen molar-refractivity contribution in [1.82, 2.24) is 4.90 Å². The Morgan fingerprint density at radius 1 is 1.22 bits per heavy atom. The van der Waals surface area contributed by atoms with Crippen LogP contribution >= 0.6 is 0 Å². The largest absolute Gasteiger partial charge is 0.494 e. The molecular formula is C16H24N2O4S. The lowest BCUT2D eigenvalue weighted by Crippen LogP contribution is -2.35. The van der Waals surface area contributed by atoms with Crippen molar-refractivity contribution in [2.24, 2.45) is 0 Å². The van der Waals surface area contributed by atoms with E-state index in [-0.39, 0.29) is 18.9 Å². The predicted molar refractivity (Wildman–Crippen MR) is 90.2 cm³/mol. The van der Waals surface area contributed by atoms with Gasteiger partial charge in [-0.25, -0.2) is 8.42 Å². The number of nitrogens with zero attached hydrogens (tertiary/aromatic N) is 2. The number of sulfonamides is 1. The van der Waals surface area contributed by atoms with Crippen LogP contribution in [0.3, 0.4) is 0 Å². The van der Waals surface area contributed by atoms with Crippen LogP contribution in [-0.4, -0.2) is 51.7 Å². The Kier molecular flexibility index (Phi) is 5.87. The summed E-state index contributed by atoms with van der Waals surface area (Å²) in [5, 5.41) is 0. The average Bonchev–Trinajstić information content (AvgIpc) is 3.02. The van der Waals surface area contributed by atoms with Gasteiger partial charge in [-0.3, -0.25) is 9.10 Å². The molecule has 0 spiro atoms. The van der Waals surface area contributed by atoms with E-state index >= 15 is 0 Å². The molecule has 0 atom stereocenters. The second-order valence-corrected chi connectivity index (χ2v) is 7.51. The minimum atomic E-state index is -3.44. The van der Waals surface area contributed by atoms with E-state index in [4.69, 9.17) is 4.74 Å². The minimum absolute atomic E-state index is 0.0158. The van der Waals surface area contributed by atoms with Gasteiger partial charge in [0, 0.05) is 26.1 Å². The number of rotatable bonds is 7. The lowest BCUT2D eigenvalue weighted by molar-refractivity contribution is -0.129. The zero-order valence-corrected chi connectivity index (χ0v) is 14.5. The Balaban J connectivity index is 2.06. The molecule has 7 heteroatoms.